The molecule has 1 heterocycles. The highest BCUT2D eigenvalue weighted by Crippen LogP contribution is 2.10. The Bertz CT molecular complexity index is 640. The van der Waals surface area contributed by atoms with E-state index in [1.807, 2.05) is 6.92 Å². The lowest BCUT2D eigenvalue weighted by atomic mass is 10.4. The van der Waals surface area contributed by atoms with Gasteiger partial charge in [-0.15, -0.1) is 0 Å². The van der Waals surface area contributed by atoms with E-state index < -0.39 is 10.0 Å². The van der Waals surface area contributed by atoms with Crippen LogP contribution in [0.5, 0.6) is 0 Å². The van der Waals surface area contributed by atoms with Crippen LogP contribution < -0.4 is 10.0 Å². The van der Waals surface area contributed by atoms with Crippen molar-refractivity contribution < 1.29 is 8.42 Å². The molecule has 1 aromatic heterocycles. The second-order valence-electron chi connectivity index (χ2n) is 4.01. The van der Waals surface area contributed by atoms with Crippen molar-refractivity contribution in [2.45, 2.75) is 18.2 Å². The summed E-state index contributed by atoms with van der Waals surface area (Å²) < 4.78 is 30.5. The summed E-state index contributed by atoms with van der Waals surface area (Å²) in [6.07, 6.45) is 0.790. The summed E-state index contributed by atoms with van der Waals surface area (Å²) in [7, 11) is -3.44. The van der Waals surface area contributed by atoms with Crippen LogP contribution in [0.3, 0.4) is 0 Å². The number of nitrogens with zero attached hydrogens (tertiary/aromatic N) is 2. The van der Waals surface area contributed by atoms with Gasteiger partial charge in [0.25, 0.3) is 0 Å². The van der Waals surface area contributed by atoms with Gasteiger partial charge in [-0.2, -0.15) is 4.37 Å². The maximum Gasteiger partial charge on any atom is 0.240 e. The van der Waals surface area contributed by atoms with Gasteiger partial charge in [0.15, 0.2) is 0 Å². The van der Waals surface area contributed by atoms with Crippen molar-refractivity contribution in [2.24, 2.45) is 0 Å². The zero-order chi connectivity index (χ0) is 14.4. The molecular formula is C12H16N4O2S2. The van der Waals surface area contributed by atoms with Gasteiger partial charge in [0.1, 0.15) is 5.82 Å². The summed E-state index contributed by atoms with van der Waals surface area (Å²) in [5, 5.41) is 3.75. The lowest BCUT2D eigenvalue weighted by Gasteiger charge is -2.06. The second-order valence-corrected chi connectivity index (χ2v) is 6.53. The summed E-state index contributed by atoms with van der Waals surface area (Å²) in [5.74, 6) is 0.794. The quantitative estimate of drug-likeness (QED) is 0.757. The third-order valence-corrected chi connectivity index (χ3v) is 4.72. The third kappa shape index (κ3) is 3.99. The van der Waals surface area contributed by atoms with Crippen molar-refractivity contribution >= 4 is 26.7 Å². The molecule has 0 aliphatic rings. The van der Waals surface area contributed by atoms with Crippen LogP contribution in [0.15, 0.2) is 35.2 Å². The second kappa shape index (κ2) is 6.78. The van der Waals surface area contributed by atoms with E-state index >= 15 is 0 Å². The topological polar surface area (TPSA) is 84.0 Å². The Balaban J connectivity index is 1.81. The first-order valence-corrected chi connectivity index (χ1v) is 8.48. The third-order valence-electron chi connectivity index (χ3n) is 2.53. The molecule has 0 saturated heterocycles. The molecule has 0 saturated carbocycles. The normalized spacial score (nSPS) is 11.4. The predicted molar refractivity (Wildman–Crippen MR) is 79.4 cm³/mol. The molecule has 0 radical (unpaired) electrons. The SMILES string of the molecule is CCc1nsc(NCCNS(=O)(=O)c2ccccc2)n1. The molecule has 2 rings (SSSR count). The molecule has 0 atom stereocenters. The fourth-order valence-electron chi connectivity index (χ4n) is 1.51. The molecule has 0 amide bonds. The Morgan fingerprint density at radius 2 is 1.95 bits per heavy atom. The number of aryl methyl sites for hydroxylation is 1. The summed E-state index contributed by atoms with van der Waals surface area (Å²) in [5.41, 5.74) is 0. The first kappa shape index (κ1) is 14.9. The van der Waals surface area contributed by atoms with Crippen molar-refractivity contribution in [3.8, 4) is 0 Å². The first-order valence-electron chi connectivity index (χ1n) is 6.23. The van der Waals surface area contributed by atoms with E-state index in [4.69, 9.17) is 0 Å². The fraction of sp³-hybridized carbons (Fsp3) is 0.333. The number of aromatic nitrogens is 2. The molecule has 8 heteroatoms. The molecule has 0 aliphatic heterocycles. The van der Waals surface area contributed by atoms with Crippen molar-refractivity contribution in [1.82, 2.24) is 14.1 Å². The molecule has 1 aromatic carbocycles. The zero-order valence-electron chi connectivity index (χ0n) is 11.0. The Hall–Kier alpha value is -1.51. The van der Waals surface area contributed by atoms with Crippen LogP contribution in [-0.4, -0.2) is 30.9 Å². The molecule has 0 aliphatic carbocycles. The summed E-state index contributed by atoms with van der Waals surface area (Å²) in [6, 6.07) is 8.30. The van der Waals surface area contributed by atoms with E-state index in [1.165, 1.54) is 11.5 Å². The number of hydrogen-bond acceptors (Lipinski definition) is 6. The first-order chi connectivity index (χ1) is 9.62. The van der Waals surface area contributed by atoms with Gasteiger partial charge in [-0.25, -0.2) is 18.1 Å². The maximum atomic E-state index is 11.9. The van der Waals surface area contributed by atoms with Gasteiger partial charge in [-0.3, -0.25) is 0 Å². The van der Waals surface area contributed by atoms with Crippen LogP contribution in [0.4, 0.5) is 5.13 Å². The van der Waals surface area contributed by atoms with Gasteiger partial charge in [0.05, 0.1) is 4.90 Å². The van der Waals surface area contributed by atoms with Crippen LogP contribution in [0, 0.1) is 0 Å². The van der Waals surface area contributed by atoms with Crippen molar-refractivity contribution in [3.63, 3.8) is 0 Å². The molecular weight excluding hydrogens is 296 g/mol. The van der Waals surface area contributed by atoms with Crippen molar-refractivity contribution in [1.29, 1.82) is 0 Å². The average Bonchev–Trinajstić information content (AvgIpc) is 2.93. The Kier molecular flexibility index (Phi) is 5.05. The minimum atomic E-state index is -3.44. The van der Waals surface area contributed by atoms with E-state index in [2.05, 4.69) is 19.4 Å². The number of sulfonamides is 1. The summed E-state index contributed by atoms with van der Waals surface area (Å²) >= 11 is 1.28. The van der Waals surface area contributed by atoms with E-state index in [-0.39, 0.29) is 11.4 Å². The van der Waals surface area contributed by atoms with Crippen LogP contribution in [0.1, 0.15) is 12.7 Å². The number of nitrogens with one attached hydrogen (secondary N) is 2. The molecule has 108 valence electrons. The smallest absolute Gasteiger partial charge is 0.240 e. The van der Waals surface area contributed by atoms with E-state index in [9.17, 15) is 8.42 Å². The van der Waals surface area contributed by atoms with Crippen molar-refractivity contribution in [2.75, 3.05) is 18.4 Å². The highest BCUT2D eigenvalue weighted by molar-refractivity contribution is 7.89. The standard InChI is InChI=1S/C12H16N4O2S2/c1-2-11-15-12(19-16-11)13-8-9-14-20(17,18)10-6-4-3-5-7-10/h3-7,14H,2,8-9H2,1H3,(H,13,15,16). The van der Waals surface area contributed by atoms with Crippen LogP contribution in [-0.2, 0) is 16.4 Å². The monoisotopic (exact) mass is 312 g/mol. The number of hydrogen-bond donors (Lipinski definition) is 2. The molecule has 0 bridgehead atoms. The Morgan fingerprint density at radius 3 is 2.60 bits per heavy atom. The number of rotatable bonds is 7. The maximum absolute atomic E-state index is 11.9. The van der Waals surface area contributed by atoms with Crippen LogP contribution >= 0.6 is 11.5 Å². The largest absolute Gasteiger partial charge is 0.359 e. The summed E-state index contributed by atoms with van der Waals surface area (Å²) in [4.78, 5) is 4.51. The van der Waals surface area contributed by atoms with Gasteiger partial charge >= 0.3 is 0 Å². The van der Waals surface area contributed by atoms with Gasteiger partial charge in [-0.05, 0) is 12.1 Å². The minimum Gasteiger partial charge on any atom is -0.359 e. The van der Waals surface area contributed by atoms with Crippen molar-refractivity contribution in [3.05, 3.63) is 36.2 Å². The molecule has 6 nitrogen and oxygen atoms in total. The molecule has 0 unspecified atom stereocenters. The highest BCUT2D eigenvalue weighted by atomic mass is 32.2. The lowest BCUT2D eigenvalue weighted by molar-refractivity contribution is 0.583. The molecule has 2 aromatic rings. The van der Waals surface area contributed by atoms with E-state index in [0.29, 0.717) is 11.7 Å². The zero-order valence-corrected chi connectivity index (χ0v) is 12.7. The number of anilines is 1. The van der Waals surface area contributed by atoms with Gasteiger partial charge in [-0.1, -0.05) is 25.1 Å². The van der Waals surface area contributed by atoms with Gasteiger partial charge in [0.2, 0.25) is 15.2 Å². The fourth-order valence-corrected chi connectivity index (χ4v) is 3.23. The predicted octanol–water partition coefficient (Wildman–Crippen LogP) is 1.49. The highest BCUT2D eigenvalue weighted by Gasteiger charge is 2.12. The molecule has 20 heavy (non-hydrogen) atoms. The van der Waals surface area contributed by atoms with Gasteiger partial charge in [0, 0.05) is 31.0 Å². The molecule has 0 spiro atoms. The summed E-state index contributed by atoms with van der Waals surface area (Å²) in [6.45, 7) is 2.74. The van der Waals surface area contributed by atoms with Crippen LogP contribution in [0.2, 0.25) is 0 Å². The van der Waals surface area contributed by atoms with Gasteiger partial charge < -0.3 is 5.32 Å². The molecule has 0 fully saturated rings. The Morgan fingerprint density at radius 1 is 1.20 bits per heavy atom. The lowest BCUT2D eigenvalue weighted by Crippen LogP contribution is -2.28. The Labute approximate surface area is 122 Å². The minimum absolute atomic E-state index is 0.268. The van der Waals surface area contributed by atoms with E-state index in [1.54, 1.807) is 30.3 Å². The average molecular weight is 312 g/mol. The molecule has 2 N–H and O–H groups in total. The van der Waals surface area contributed by atoms with Crippen LogP contribution in [0.25, 0.3) is 0 Å². The van der Waals surface area contributed by atoms with E-state index in [0.717, 1.165) is 12.2 Å². The number of benzene rings is 1.